The molecule has 1 atom stereocenters. The van der Waals surface area contributed by atoms with Crippen molar-refractivity contribution in [3.05, 3.63) is 70.0 Å². The van der Waals surface area contributed by atoms with Crippen LogP contribution in [0.4, 0.5) is 4.39 Å². The summed E-state index contributed by atoms with van der Waals surface area (Å²) < 4.78 is 13.9. The Hall–Kier alpha value is -1.38. The van der Waals surface area contributed by atoms with E-state index in [2.05, 4.69) is 29.6 Å². The van der Waals surface area contributed by atoms with Gasteiger partial charge in [-0.25, -0.2) is 4.39 Å². The molecule has 0 saturated carbocycles. The maximum Gasteiger partial charge on any atom is 0.129 e. The van der Waals surface area contributed by atoms with E-state index in [1.165, 1.54) is 11.6 Å². The van der Waals surface area contributed by atoms with E-state index in [0.29, 0.717) is 17.0 Å². The third-order valence-corrected chi connectivity index (χ3v) is 3.59. The van der Waals surface area contributed by atoms with Crippen LogP contribution >= 0.6 is 11.6 Å². The fourth-order valence-electron chi connectivity index (χ4n) is 2.15. The van der Waals surface area contributed by atoms with Gasteiger partial charge in [0.25, 0.3) is 0 Å². The molecule has 19 heavy (non-hydrogen) atoms. The molecule has 0 aliphatic carbocycles. The highest BCUT2D eigenvalue weighted by Crippen LogP contribution is 2.28. The van der Waals surface area contributed by atoms with Crippen LogP contribution in [0.1, 0.15) is 22.7 Å². The monoisotopic (exact) mass is 277 g/mol. The number of hydrogen-bond donors (Lipinski definition) is 1. The zero-order valence-corrected chi connectivity index (χ0v) is 11.8. The van der Waals surface area contributed by atoms with Gasteiger partial charge in [0.1, 0.15) is 5.82 Å². The number of halogens is 2. The Morgan fingerprint density at radius 3 is 2.42 bits per heavy atom. The van der Waals surface area contributed by atoms with Crippen molar-refractivity contribution >= 4 is 11.6 Å². The van der Waals surface area contributed by atoms with E-state index in [4.69, 9.17) is 11.6 Å². The van der Waals surface area contributed by atoms with Crippen LogP contribution in [0.25, 0.3) is 0 Å². The molecule has 2 aromatic carbocycles. The maximum atomic E-state index is 13.9. The number of benzene rings is 2. The van der Waals surface area contributed by atoms with Crippen molar-refractivity contribution in [2.75, 3.05) is 7.05 Å². The number of nitrogens with one attached hydrogen (secondary N) is 1. The number of likely N-dealkylation sites (N-methyl/N-ethyl adjacent to an activating group) is 1. The minimum Gasteiger partial charge on any atom is -0.313 e. The van der Waals surface area contributed by atoms with E-state index in [1.807, 2.05) is 14.0 Å². The average molecular weight is 278 g/mol. The Morgan fingerprint density at radius 2 is 1.84 bits per heavy atom. The van der Waals surface area contributed by atoms with Gasteiger partial charge in [-0.2, -0.15) is 0 Å². The van der Waals surface area contributed by atoms with E-state index in [9.17, 15) is 4.39 Å². The lowest BCUT2D eigenvalue weighted by Gasteiger charge is -2.19. The van der Waals surface area contributed by atoms with Gasteiger partial charge in [0.2, 0.25) is 0 Å². The average Bonchev–Trinajstić information content (AvgIpc) is 2.39. The van der Waals surface area contributed by atoms with Crippen molar-refractivity contribution in [1.82, 2.24) is 5.32 Å². The summed E-state index contributed by atoms with van der Waals surface area (Å²) in [6, 6.07) is 12.9. The van der Waals surface area contributed by atoms with Gasteiger partial charge in [0, 0.05) is 16.6 Å². The molecule has 0 amide bonds. The number of hydrogen-bond acceptors (Lipinski definition) is 1. The second-order valence-corrected chi connectivity index (χ2v) is 5.07. The largest absolute Gasteiger partial charge is 0.313 e. The van der Waals surface area contributed by atoms with Crippen LogP contribution in [0.2, 0.25) is 5.02 Å². The summed E-state index contributed by atoms with van der Waals surface area (Å²) in [5.41, 5.74) is 2.91. The molecule has 0 spiro atoms. The third-order valence-electron chi connectivity index (χ3n) is 3.26. The Bertz CT molecular complexity index is 531. The molecule has 0 aliphatic rings. The van der Waals surface area contributed by atoms with Gasteiger partial charge in [-0.15, -0.1) is 0 Å². The first-order valence-corrected chi connectivity index (χ1v) is 6.66. The highest BCUT2D eigenvalue weighted by molar-refractivity contribution is 6.31. The molecule has 100 valence electrons. The van der Waals surface area contributed by atoms with E-state index in [0.717, 1.165) is 5.56 Å². The summed E-state index contributed by atoms with van der Waals surface area (Å²) in [6.07, 6.45) is 0.706. The second kappa shape index (κ2) is 6.18. The highest BCUT2D eigenvalue weighted by Gasteiger charge is 2.17. The lowest BCUT2D eigenvalue weighted by atomic mass is 9.98. The van der Waals surface area contributed by atoms with Gasteiger partial charge >= 0.3 is 0 Å². The predicted octanol–water partition coefficient (Wildman–Crippen LogP) is 4.29. The maximum absolute atomic E-state index is 13.9. The van der Waals surface area contributed by atoms with Gasteiger partial charge < -0.3 is 5.32 Å². The van der Waals surface area contributed by atoms with Crippen molar-refractivity contribution < 1.29 is 4.39 Å². The van der Waals surface area contributed by atoms with E-state index in [1.54, 1.807) is 12.1 Å². The first kappa shape index (κ1) is 14.0. The molecule has 0 saturated heterocycles. The van der Waals surface area contributed by atoms with Crippen molar-refractivity contribution in [2.24, 2.45) is 0 Å². The van der Waals surface area contributed by atoms with Crippen molar-refractivity contribution in [3.8, 4) is 0 Å². The molecule has 0 aromatic heterocycles. The summed E-state index contributed by atoms with van der Waals surface area (Å²) in [5, 5.41) is 3.60. The van der Waals surface area contributed by atoms with Gasteiger partial charge in [-0.05, 0) is 38.1 Å². The molecular weight excluding hydrogens is 261 g/mol. The fourth-order valence-corrected chi connectivity index (χ4v) is 2.45. The normalized spacial score (nSPS) is 12.4. The minimum absolute atomic E-state index is 0.128. The summed E-state index contributed by atoms with van der Waals surface area (Å²) in [7, 11) is 1.82. The first-order chi connectivity index (χ1) is 9.11. The van der Waals surface area contributed by atoms with Crippen LogP contribution in [-0.4, -0.2) is 7.05 Å². The summed E-state index contributed by atoms with van der Waals surface area (Å²) in [6.45, 7) is 2.05. The van der Waals surface area contributed by atoms with Crippen molar-refractivity contribution in [3.63, 3.8) is 0 Å². The molecule has 1 unspecified atom stereocenters. The highest BCUT2D eigenvalue weighted by atomic mass is 35.5. The van der Waals surface area contributed by atoms with Crippen molar-refractivity contribution in [2.45, 2.75) is 19.4 Å². The molecule has 0 bridgehead atoms. The standard InChI is InChI=1S/C16H17ClFN/c1-11-6-8-12(9-7-11)10-15(19-2)16-13(17)4-3-5-14(16)18/h3-9,15,19H,10H2,1-2H3. The number of rotatable bonds is 4. The molecule has 1 N–H and O–H groups in total. The molecule has 2 rings (SSSR count). The first-order valence-electron chi connectivity index (χ1n) is 6.28. The van der Waals surface area contributed by atoms with Gasteiger partial charge in [0.05, 0.1) is 0 Å². The SMILES string of the molecule is CNC(Cc1ccc(C)cc1)c1c(F)cccc1Cl. The molecule has 0 heterocycles. The zero-order chi connectivity index (χ0) is 13.8. The lowest BCUT2D eigenvalue weighted by molar-refractivity contribution is 0.534. The molecule has 1 nitrogen and oxygen atoms in total. The molecule has 3 heteroatoms. The second-order valence-electron chi connectivity index (χ2n) is 4.67. The molecule has 0 radical (unpaired) electrons. The molecule has 0 fully saturated rings. The van der Waals surface area contributed by atoms with Gasteiger partial charge in [-0.3, -0.25) is 0 Å². The Morgan fingerprint density at radius 1 is 1.16 bits per heavy atom. The van der Waals surface area contributed by atoms with Crippen molar-refractivity contribution in [1.29, 1.82) is 0 Å². The van der Waals surface area contributed by atoms with Gasteiger partial charge in [-0.1, -0.05) is 47.5 Å². The van der Waals surface area contributed by atoms with Crippen LogP contribution < -0.4 is 5.32 Å². The Kier molecular flexibility index (Phi) is 4.56. The molecule has 0 aliphatic heterocycles. The fraction of sp³-hybridized carbons (Fsp3) is 0.250. The lowest BCUT2D eigenvalue weighted by Crippen LogP contribution is -2.20. The molecule has 2 aromatic rings. The Balaban J connectivity index is 2.27. The van der Waals surface area contributed by atoms with Gasteiger partial charge in [0.15, 0.2) is 0 Å². The predicted molar refractivity (Wildman–Crippen MR) is 78.1 cm³/mol. The van der Waals surface area contributed by atoms with Crippen LogP contribution in [0.15, 0.2) is 42.5 Å². The summed E-state index contributed by atoms with van der Waals surface area (Å²) >= 11 is 6.11. The zero-order valence-electron chi connectivity index (χ0n) is 11.1. The van der Waals surface area contributed by atoms with Crippen LogP contribution in [0.3, 0.4) is 0 Å². The number of aryl methyl sites for hydroxylation is 1. The minimum atomic E-state index is -0.265. The van der Waals surface area contributed by atoms with Crippen LogP contribution in [0.5, 0.6) is 0 Å². The Labute approximate surface area is 118 Å². The topological polar surface area (TPSA) is 12.0 Å². The van der Waals surface area contributed by atoms with Crippen LogP contribution in [0, 0.1) is 12.7 Å². The third kappa shape index (κ3) is 3.34. The van der Waals surface area contributed by atoms with E-state index < -0.39 is 0 Å². The van der Waals surface area contributed by atoms with E-state index in [-0.39, 0.29) is 11.9 Å². The molecular formula is C16H17ClFN. The van der Waals surface area contributed by atoms with Crippen LogP contribution in [-0.2, 0) is 6.42 Å². The summed E-state index contributed by atoms with van der Waals surface area (Å²) in [4.78, 5) is 0. The smallest absolute Gasteiger partial charge is 0.129 e. The quantitative estimate of drug-likeness (QED) is 0.879. The summed E-state index contributed by atoms with van der Waals surface area (Å²) in [5.74, 6) is -0.265. The van der Waals surface area contributed by atoms with E-state index >= 15 is 0 Å².